The topological polar surface area (TPSA) is 166 Å². The number of halogens is 2. The molecule has 0 fully saturated rings. The number of carbonyl (C=O) groups is 1. The number of rotatable bonds is 11. The standard InChI is InChI=1S/C34H27F2N5O7S/c1-40-31-18-37-12-10-26(31)32(42)41(34(40)45)24-6-2-20(3-7-24)14-30(33(43)44)38-17-27-28(35)15-23(16-29(27)36)39-49(46,47)25-8-4-21(5-9-25)22-11-13-48-19-22/h2-13,15-16,18-19,30,38-39H,14,17H2,1H3,(H,43,44)/t30-/m0/s1. The average Bonchev–Trinajstić information content (AvgIpc) is 3.62. The van der Waals surface area contributed by atoms with Crippen LogP contribution in [0.4, 0.5) is 14.5 Å². The minimum atomic E-state index is -4.19. The minimum Gasteiger partial charge on any atom is -0.480 e. The molecule has 3 aromatic heterocycles. The summed E-state index contributed by atoms with van der Waals surface area (Å²) < 4.78 is 65.3. The van der Waals surface area contributed by atoms with Gasteiger partial charge in [0.25, 0.3) is 15.6 Å². The summed E-state index contributed by atoms with van der Waals surface area (Å²) in [6.07, 6.45) is 5.74. The summed E-state index contributed by atoms with van der Waals surface area (Å²) in [7, 11) is -2.68. The van der Waals surface area contributed by atoms with Gasteiger partial charge in [0.15, 0.2) is 0 Å². The number of nitrogens with one attached hydrogen (secondary N) is 2. The first-order valence-corrected chi connectivity index (χ1v) is 16.2. The second kappa shape index (κ2) is 13.3. The number of aromatic nitrogens is 3. The van der Waals surface area contributed by atoms with Gasteiger partial charge in [-0.1, -0.05) is 24.3 Å². The van der Waals surface area contributed by atoms with Crippen LogP contribution < -0.4 is 21.3 Å². The average molecular weight is 688 g/mol. The number of carboxylic acids is 1. The van der Waals surface area contributed by atoms with Crippen LogP contribution in [0.5, 0.6) is 0 Å². The maximum atomic E-state index is 15.0. The number of hydrogen-bond donors (Lipinski definition) is 3. The number of sulfonamides is 1. The quantitative estimate of drug-likeness (QED) is 0.181. The van der Waals surface area contributed by atoms with Crippen LogP contribution in [0, 0.1) is 11.6 Å². The van der Waals surface area contributed by atoms with E-state index in [1.165, 1.54) is 66.9 Å². The third-order valence-corrected chi connectivity index (χ3v) is 9.34. The van der Waals surface area contributed by atoms with Crippen LogP contribution in [0.3, 0.4) is 0 Å². The summed E-state index contributed by atoms with van der Waals surface area (Å²) in [4.78, 5) is 41.9. The molecule has 3 heterocycles. The van der Waals surface area contributed by atoms with E-state index in [0.29, 0.717) is 16.6 Å². The minimum absolute atomic E-state index is 0.105. The Morgan fingerprint density at radius 1 is 0.980 bits per heavy atom. The molecule has 3 N–H and O–H groups in total. The summed E-state index contributed by atoms with van der Waals surface area (Å²) in [6.45, 7) is -0.521. The number of furan rings is 1. The maximum absolute atomic E-state index is 15.0. The van der Waals surface area contributed by atoms with Crippen molar-refractivity contribution >= 4 is 32.6 Å². The van der Waals surface area contributed by atoms with Gasteiger partial charge in [0.05, 0.1) is 45.9 Å². The van der Waals surface area contributed by atoms with Crippen molar-refractivity contribution in [1.29, 1.82) is 0 Å². The van der Waals surface area contributed by atoms with Crippen molar-refractivity contribution in [2.45, 2.75) is 23.9 Å². The lowest BCUT2D eigenvalue weighted by Gasteiger charge is -2.17. The van der Waals surface area contributed by atoms with Gasteiger partial charge in [-0.15, -0.1) is 0 Å². The lowest BCUT2D eigenvalue weighted by Crippen LogP contribution is -2.38. The Morgan fingerprint density at radius 2 is 1.67 bits per heavy atom. The van der Waals surface area contributed by atoms with Crippen molar-refractivity contribution in [2.75, 3.05) is 4.72 Å². The SMILES string of the molecule is Cn1c(=O)n(-c2ccc(C[C@H](NCc3c(F)cc(NS(=O)(=O)c4ccc(-c5ccoc5)cc4)cc3F)C(=O)O)cc2)c(=O)c2ccncc21. The Labute approximate surface area is 277 Å². The molecule has 6 rings (SSSR count). The van der Waals surface area contributed by atoms with Gasteiger partial charge in [-0.25, -0.2) is 26.6 Å². The Hall–Kier alpha value is -5.93. The maximum Gasteiger partial charge on any atom is 0.335 e. The largest absolute Gasteiger partial charge is 0.480 e. The number of anilines is 1. The molecular formula is C34H27F2N5O7S. The van der Waals surface area contributed by atoms with Crippen molar-refractivity contribution in [1.82, 2.24) is 19.4 Å². The predicted octanol–water partition coefficient (Wildman–Crippen LogP) is 4.21. The molecule has 250 valence electrons. The fourth-order valence-electron chi connectivity index (χ4n) is 5.31. The highest BCUT2D eigenvalue weighted by Crippen LogP contribution is 2.25. The lowest BCUT2D eigenvalue weighted by atomic mass is 10.0. The predicted molar refractivity (Wildman–Crippen MR) is 176 cm³/mol. The van der Waals surface area contributed by atoms with E-state index in [-0.39, 0.29) is 28.1 Å². The lowest BCUT2D eigenvalue weighted by molar-refractivity contribution is -0.139. The first kappa shape index (κ1) is 33.0. The van der Waals surface area contributed by atoms with Gasteiger partial charge >= 0.3 is 11.7 Å². The van der Waals surface area contributed by atoms with Crippen LogP contribution in [0.25, 0.3) is 27.7 Å². The van der Waals surface area contributed by atoms with Gasteiger partial charge in [0, 0.05) is 30.9 Å². The zero-order valence-corrected chi connectivity index (χ0v) is 26.4. The highest BCUT2D eigenvalue weighted by molar-refractivity contribution is 7.92. The highest BCUT2D eigenvalue weighted by Gasteiger charge is 2.22. The molecule has 0 saturated heterocycles. The number of aliphatic carboxylic acids is 1. The monoisotopic (exact) mass is 687 g/mol. The number of benzene rings is 3. The van der Waals surface area contributed by atoms with Crippen LogP contribution in [0.2, 0.25) is 0 Å². The molecule has 0 unspecified atom stereocenters. The van der Waals surface area contributed by atoms with Crippen LogP contribution in [-0.2, 0) is 34.8 Å². The Bertz CT molecular complexity index is 2390. The van der Waals surface area contributed by atoms with Crippen LogP contribution in [0.1, 0.15) is 11.1 Å². The smallest absolute Gasteiger partial charge is 0.335 e. The van der Waals surface area contributed by atoms with E-state index < -0.39 is 57.0 Å². The Balaban J connectivity index is 1.14. The third kappa shape index (κ3) is 6.75. The number of aryl methyl sites for hydroxylation is 1. The van der Waals surface area contributed by atoms with Crippen LogP contribution in [-0.4, -0.2) is 39.7 Å². The first-order valence-electron chi connectivity index (χ1n) is 14.7. The van der Waals surface area contributed by atoms with Gasteiger partial charge < -0.3 is 9.52 Å². The number of fused-ring (bicyclic) bond motifs is 1. The zero-order valence-electron chi connectivity index (χ0n) is 25.6. The number of pyridine rings is 1. The number of carboxylic acid groups (broad SMARTS) is 1. The second-order valence-corrected chi connectivity index (χ2v) is 12.8. The summed E-state index contributed by atoms with van der Waals surface area (Å²) >= 11 is 0. The molecule has 0 radical (unpaired) electrons. The summed E-state index contributed by atoms with van der Waals surface area (Å²) in [5.74, 6) is -3.47. The molecule has 0 spiro atoms. The van der Waals surface area contributed by atoms with Crippen molar-refractivity contribution in [2.24, 2.45) is 7.05 Å². The summed E-state index contributed by atoms with van der Waals surface area (Å²) in [6, 6.07) is 15.5. The second-order valence-electron chi connectivity index (χ2n) is 11.1. The van der Waals surface area contributed by atoms with Crippen LogP contribution >= 0.6 is 0 Å². The fourth-order valence-corrected chi connectivity index (χ4v) is 6.35. The zero-order chi connectivity index (χ0) is 34.9. The van der Waals surface area contributed by atoms with Gasteiger partial charge in [-0.3, -0.25) is 29.2 Å². The van der Waals surface area contributed by atoms with E-state index in [2.05, 4.69) is 15.0 Å². The van der Waals surface area contributed by atoms with E-state index in [9.17, 15) is 27.9 Å². The molecule has 6 aromatic rings. The normalized spacial score (nSPS) is 12.2. The molecule has 49 heavy (non-hydrogen) atoms. The van der Waals surface area contributed by atoms with E-state index in [1.807, 2.05) is 0 Å². The Morgan fingerprint density at radius 3 is 2.31 bits per heavy atom. The van der Waals surface area contributed by atoms with Crippen LogP contribution in [0.15, 0.2) is 117 Å². The molecule has 0 saturated carbocycles. The molecule has 0 aliphatic carbocycles. The molecular weight excluding hydrogens is 660 g/mol. The molecule has 0 aliphatic heterocycles. The van der Waals surface area contributed by atoms with Gasteiger partial charge in [0.2, 0.25) is 0 Å². The van der Waals surface area contributed by atoms with Gasteiger partial charge in [0.1, 0.15) is 17.7 Å². The van der Waals surface area contributed by atoms with Crippen molar-refractivity contribution in [3.8, 4) is 16.8 Å². The summed E-state index contributed by atoms with van der Waals surface area (Å²) in [5.41, 5.74) is 0.613. The molecule has 15 heteroatoms. The molecule has 0 aliphatic rings. The van der Waals surface area contributed by atoms with E-state index in [1.54, 1.807) is 30.3 Å². The van der Waals surface area contributed by atoms with E-state index >= 15 is 8.78 Å². The third-order valence-electron chi connectivity index (χ3n) is 7.94. The highest BCUT2D eigenvalue weighted by atomic mass is 32.2. The number of hydrogen-bond acceptors (Lipinski definition) is 8. The van der Waals surface area contributed by atoms with Gasteiger partial charge in [-0.2, -0.15) is 0 Å². The Kier molecular flexibility index (Phi) is 8.95. The number of nitrogens with zero attached hydrogens (tertiary/aromatic N) is 3. The van der Waals surface area contributed by atoms with Crippen molar-refractivity contribution < 1.29 is 31.5 Å². The summed E-state index contributed by atoms with van der Waals surface area (Å²) in [5, 5.41) is 12.7. The van der Waals surface area contributed by atoms with E-state index in [4.69, 9.17) is 4.42 Å². The molecule has 0 bridgehead atoms. The molecule has 0 amide bonds. The van der Waals surface area contributed by atoms with Crippen molar-refractivity contribution in [3.63, 3.8) is 0 Å². The van der Waals surface area contributed by atoms with E-state index in [0.717, 1.165) is 22.3 Å². The van der Waals surface area contributed by atoms with Gasteiger partial charge in [-0.05, 0) is 66.1 Å². The molecule has 12 nitrogen and oxygen atoms in total. The molecule has 3 aromatic carbocycles. The fraction of sp³-hybridized carbons (Fsp3) is 0.118. The first-order chi connectivity index (χ1) is 23.4. The molecule has 1 atom stereocenters. The van der Waals surface area contributed by atoms with Crippen molar-refractivity contribution in [3.05, 3.63) is 141 Å².